The summed E-state index contributed by atoms with van der Waals surface area (Å²) >= 11 is 40.2. The molecule has 82 valence electrons. The Labute approximate surface area is 114 Å². The van der Waals surface area contributed by atoms with Gasteiger partial charge in [-0.25, -0.2) is 0 Å². The fourth-order valence-electron chi connectivity index (χ4n) is 0.714. The maximum absolute atomic E-state index is 5.76. The summed E-state index contributed by atoms with van der Waals surface area (Å²) in [6, 6.07) is 1.46. The Morgan fingerprint density at radius 1 is 0.857 bits per heavy atom. The average Bonchev–Trinajstić information content (AvgIpc) is 1.78. The minimum atomic E-state index is -5.11. The van der Waals surface area contributed by atoms with Crippen molar-refractivity contribution in [1.82, 2.24) is 0 Å². The zero-order chi connectivity index (χ0) is 11.3. The third-order valence-corrected chi connectivity index (χ3v) is 5.36. The molecule has 0 aliphatic carbocycles. The molecule has 0 spiro atoms. The summed E-state index contributed by atoms with van der Waals surface area (Å²) in [5.41, 5.74) is 0. The molecule has 1 nitrogen and oxygen atoms in total. The van der Waals surface area contributed by atoms with E-state index < -0.39 is 2.86 Å². The van der Waals surface area contributed by atoms with E-state index in [0.717, 1.165) is 4.34 Å². The van der Waals surface area contributed by atoms with Crippen LogP contribution >= 0.6 is 82.3 Å². The Hall–Kier alpha value is 1.61. The third kappa shape index (κ3) is 3.88. The van der Waals surface area contributed by atoms with Crippen molar-refractivity contribution in [2.75, 3.05) is 0 Å². The van der Waals surface area contributed by atoms with Crippen molar-refractivity contribution in [2.45, 2.75) is 0 Å². The molecule has 14 heavy (non-hydrogen) atoms. The molecule has 1 rings (SSSR count). The van der Waals surface area contributed by atoms with Gasteiger partial charge in [-0.1, -0.05) is 0 Å². The summed E-state index contributed by atoms with van der Waals surface area (Å²) < 4.78 is -4.10. The molecule has 0 radical (unpaired) electrons. The van der Waals surface area contributed by atoms with Gasteiger partial charge in [0.25, 0.3) is 0 Å². The number of aromatic nitrogens is 1. The first-order valence-electron chi connectivity index (χ1n) is 3.09. The second-order valence-electron chi connectivity index (χ2n) is 2.57. The van der Waals surface area contributed by atoms with Gasteiger partial charge in [-0.3, -0.25) is 0 Å². The van der Waals surface area contributed by atoms with E-state index in [1.54, 1.807) is 0 Å². The van der Waals surface area contributed by atoms with Crippen LogP contribution in [0.5, 0.6) is 0 Å². The fourth-order valence-corrected chi connectivity index (χ4v) is 3.35. The zero-order valence-electron chi connectivity index (χ0n) is 6.27. The van der Waals surface area contributed by atoms with Crippen molar-refractivity contribution in [3.05, 3.63) is 28.5 Å². The molecular formula is C5H3Cl7NP. The molecule has 0 N–H and O–H groups in total. The number of rotatable bonds is 1. The summed E-state index contributed by atoms with van der Waals surface area (Å²) in [5, 5.41) is 0.520. The van der Waals surface area contributed by atoms with E-state index in [0.29, 0.717) is 0 Å². The third-order valence-electron chi connectivity index (χ3n) is 1.22. The van der Waals surface area contributed by atoms with Gasteiger partial charge in [-0.15, -0.1) is 0 Å². The molecule has 0 bridgehead atoms. The van der Waals surface area contributed by atoms with Crippen LogP contribution in [-0.2, 0) is 0 Å². The monoisotopic (exact) mass is 353 g/mol. The Kier molecular flexibility index (Phi) is 3.23. The SMILES string of the molecule is Clc1cc(Cl)c[n+]([P-](Cl)(Cl)(Cl)(Cl)Cl)c1. The van der Waals surface area contributed by atoms with E-state index in [2.05, 4.69) is 0 Å². The molecule has 0 aliphatic rings. The second-order valence-corrected chi connectivity index (χ2v) is 23.5. The van der Waals surface area contributed by atoms with Crippen LogP contribution in [0.1, 0.15) is 0 Å². The normalized spacial score (nSPS) is 17.4. The molecule has 0 saturated carbocycles. The Morgan fingerprint density at radius 2 is 1.21 bits per heavy atom. The van der Waals surface area contributed by atoms with Crippen molar-refractivity contribution < 1.29 is 4.34 Å². The number of halogens is 7. The van der Waals surface area contributed by atoms with Crippen molar-refractivity contribution >= 4 is 82.3 Å². The van der Waals surface area contributed by atoms with Gasteiger partial charge in [0.15, 0.2) is 0 Å². The summed E-state index contributed by atoms with van der Waals surface area (Å²) in [5.74, 6) is 0. The molecule has 0 atom stereocenters. The molecule has 0 aromatic carbocycles. The van der Waals surface area contributed by atoms with Gasteiger partial charge in [-0.05, 0) is 0 Å². The van der Waals surface area contributed by atoms with E-state index in [1.165, 1.54) is 18.5 Å². The molecule has 0 unspecified atom stereocenters. The number of hydrogen-bond acceptors (Lipinski definition) is 0. The molecule has 1 aromatic heterocycles. The van der Waals surface area contributed by atoms with Crippen LogP contribution in [0, 0.1) is 0 Å². The number of pyridine rings is 1. The van der Waals surface area contributed by atoms with Crippen LogP contribution < -0.4 is 4.34 Å². The minimum absolute atomic E-state index is 0.260. The molecule has 0 saturated heterocycles. The molecule has 1 heterocycles. The van der Waals surface area contributed by atoms with Gasteiger partial charge in [0, 0.05) is 0 Å². The van der Waals surface area contributed by atoms with Gasteiger partial charge in [0.1, 0.15) is 0 Å². The van der Waals surface area contributed by atoms with Crippen LogP contribution in [0.2, 0.25) is 10.0 Å². The molecule has 0 fully saturated rings. The molecule has 9 heteroatoms. The molecular weight excluding hydrogens is 353 g/mol. The quantitative estimate of drug-likeness (QED) is 0.552. The summed E-state index contributed by atoms with van der Waals surface area (Å²) in [6.45, 7) is 0. The van der Waals surface area contributed by atoms with Gasteiger partial charge < -0.3 is 0 Å². The van der Waals surface area contributed by atoms with E-state index in [9.17, 15) is 0 Å². The topological polar surface area (TPSA) is 3.88 Å². The molecule has 0 aliphatic heterocycles. The van der Waals surface area contributed by atoms with Gasteiger partial charge in [-0.2, -0.15) is 0 Å². The summed E-state index contributed by atoms with van der Waals surface area (Å²) in [7, 11) is 0. The van der Waals surface area contributed by atoms with E-state index in [4.69, 9.17) is 79.4 Å². The predicted molar refractivity (Wildman–Crippen MR) is 68.2 cm³/mol. The zero-order valence-corrected chi connectivity index (χ0v) is 12.5. The number of hydrogen-bond donors (Lipinski definition) is 0. The summed E-state index contributed by atoms with van der Waals surface area (Å²) in [4.78, 5) is 0. The van der Waals surface area contributed by atoms with Crippen LogP contribution in [0.4, 0.5) is 0 Å². The van der Waals surface area contributed by atoms with Crippen molar-refractivity contribution in [1.29, 1.82) is 0 Å². The Morgan fingerprint density at radius 3 is 1.50 bits per heavy atom. The molecule has 1 aromatic rings. The fraction of sp³-hybridized carbons (Fsp3) is 0. The first-order valence-corrected chi connectivity index (χ1v) is 11.0. The molecule has 0 amide bonds. The van der Waals surface area contributed by atoms with Gasteiger partial charge in [0.2, 0.25) is 0 Å². The van der Waals surface area contributed by atoms with E-state index in [-0.39, 0.29) is 10.0 Å². The first kappa shape index (κ1) is 13.7. The van der Waals surface area contributed by atoms with Gasteiger partial charge in [0.05, 0.1) is 0 Å². The number of nitrogens with zero attached hydrogens (tertiary/aromatic N) is 1. The first-order chi connectivity index (χ1) is 5.88. The maximum atomic E-state index is 5.76. The van der Waals surface area contributed by atoms with Crippen LogP contribution in [0.3, 0.4) is 0 Å². The van der Waals surface area contributed by atoms with Crippen molar-refractivity contribution in [3.63, 3.8) is 0 Å². The van der Waals surface area contributed by atoms with E-state index in [1.807, 2.05) is 0 Å². The predicted octanol–water partition coefficient (Wildman–Crippen LogP) is 5.90. The van der Waals surface area contributed by atoms with Gasteiger partial charge >= 0.3 is 115 Å². The Balaban J connectivity index is 3.50. The van der Waals surface area contributed by atoms with Crippen LogP contribution in [-0.4, -0.2) is 0 Å². The average molecular weight is 356 g/mol. The van der Waals surface area contributed by atoms with Crippen molar-refractivity contribution in [3.8, 4) is 0 Å². The van der Waals surface area contributed by atoms with Crippen LogP contribution in [0.25, 0.3) is 0 Å². The standard InChI is InChI=1S/C5H3Cl7NP/c6-4-1-5(7)3-13(2-4)14(8,9,10,11)12/h1-3H. The van der Waals surface area contributed by atoms with Crippen molar-refractivity contribution in [2.24, 2.45) is 0 Å². The van der Waals surface area contributed by atoms with E-state index >= 15 is 0 Å². The summed E-state index contributed by atoms with van der Waals surface area (Å²) in [6.07, 6.45) is 2.58. The van der Waals surface area contributed by atoms with Crippen LogP contribution in [0.15, 0.2) is 18.5 Å². The second kappa shape index (κ2) is 3.31. The Bertz CT molecular complexity index is 361.